The smallest absolute Gasteiger partial charge is 0.364 e. The molecule has 0 aliphatic carbocycles. The molecule has 26 heavy (non-hydrogen) atoms. The Morgan fingerprint density at radius 3 is 1.42 bits per heavy atom. The lowest BCUT2D eigenvalue weighted by Crippen LogP contribution is -2.50. The number of unbranched alkanes of at least 4 members (excludes halogenated alkanes) is 13. The highest BCUT2D eigenvalue weighted by atomic mass is 16.5. The van der Waals surface area contributed by atoms with Crippen molar-refractivity contribution in [3.8, 4) is 0 Å². The summed E-state index contributed by atoms with van der Waals surface area (Å²) >= 11 is 0. The zero-order valence-electron chi connectivity index (χ0n) is 18.7. The lowest BCUT2D eigenvalue weighted by molar-refractivity contribution is -0.887. The van der Waals surface area contributed by atoms with E-state index in [1.807, 2.05) is 6.92 Å². The minimum atomic E-state index is -0.0327. The van der Waals surface area contributed by atoms with Crippen LogP contribution in [0.2, 0.25) is 0 Å². The molecule has 156 valence electrons. The van der Waals surface area contributed by atoms with E-state index in [1.165, 1.54) is 83.5 Å². The van der Waals surface area contributed by atoms with Crippen molar-refractivity contribution in [3.05, 3.63) is 0 Å². The fraction of sp³-hybridized carbons (Fsp3) is 0.957. The molecule has 0 saturated carbocycles. The molecule has 3 heteroatoms. The zero-order chi connectivity index (χ0) is 19.7. The molecule has 0 aliphatic rings. The lowest BCUT2D eigenvalue weighted by atomic mass is 10.0. The molecule has 0 radical (unpaired) electrons. The van der Waals surface area contributed by atoms with Crippen molar-refractivity contribution in [3.63, 3.8) is 0 Å². The number of hydrogen-bond acceptors (Lipinski definition) is 2. The Balaban J connectivity index is 3.52. The fourth-order valence-corrected chi connectivity index (χ4v) is 3.59. The van der Waals surface area contributed by atoms with E-state index in [0.717, 1.165) is 12.8 Å². The van der Waals surface area contributed by atoms with Crippen LogP contribution in [0.3, 0.4) is 0 Å². The molecule has 0 aromatic carbocycles. The van der Waals surface area contributed by atoms with Crippen LogP contribution in [0.25, 0.3) is 0 Å². The number of ether oxygens (including phenoxy) is 1. The number of carbonyl (C=O) groups is 1. The largest absolute Gasteiger partial charge is 0.462 e. The van der Waals surface area contributed by atoms with Gasteiger partial charge in [0.15, 0.2) is 6.04 Å². The average molecular weight is 371 g/mol. The molecule has 1 atom stereocenters. The van der Waals surface area contributed by atoms with Crippen LogP contribution in [-0.2, 0) is 9.53 Å². The third-order valence-corrected chi connectivity index (χ3v) is 5.32. The van der Waals surface area contributed by atoms with Crippen molar-refractivity contribution in [1.82, 2.24) is 0 Å². The minimum Gasteiger partial charge on any atom is -0.462 e. The number of hydrogen-bond donors (Lipinski definition) is 0. The van der Waals surface area contributed by atoms with Crippen LogP contribution in [0.4, 0.5) is 0 Å². The van der Waals surface area contributed by atoms with Gasteiger partial charge in [0, 0.05) is 6.42 Å². The number of esters is 1. The van der Waals surface area contributed by atoms with Gasteiger partial charge in [-0.15, -0.1) is 0 Å². The van der Waals surface area contributed by atoms with Crippen LogP contribution in [-0.4, -0.2) is 44.2 Å². The number of carbonyl (C=O) groups excluding carboxylic acids is 1. The highest BCUT2D eigenvalue weighted by Crippen LogP contribution is 2.17. The average Bonchev–Trinajstić information content (AvgIpc) is 2.57. The molecule has 0 fully saturated rings. The molecule has 0 unspecified atom stereocenters. The van der Waals surface area contributed by atoms with Crippen molar-refractivity contribution in [2.24, 2.45) is 0 Å². The van der Waals surface area contributed by atoms with Gasteiger partial charge in [-0.3, -0.25) is 0 Å². The van der Waals surface area contributed by atoms with Crippen LogP contribution < -0.4 is 0 Å². The van der Waals surface area contributed by atoms with Crippen molar-refractivity contribution in [2.45, 2.75) is 116 Å². The van der Waals surface area contributed by atoms with Crippen molar-refractivity contribution in [2.75, 3.05) is 27.7 Å². The maximum absolute atomic E-state index is 12.1. The van der Waals surface area contributed by atoms with Crippen molar-refractivity contribution >= 4 is 5.97 Å². The Hall–Kier alpha value is -0.570. The third-order valence-electron chi connectivity index (χ3n) is 5.32. The molecule has 0 bridgehead atoms. The summed E-state index contributed by atoms with van der Waals surface area (Å²) < 4.78 is 5.91. The first-order chi connectivity index (χ1) is 12.4. The maximum atomic E-state index is 12.1. The third kappa shape index (κ3) is 14.6. The Morgan fingerprint density at radius 1 is 0.692 bits per heavy atom. The number of quaternary nitrogens is 1. The van der Waals surface area contributed by atoms with Crippen LogP contribution in [0.1, 0.15) is 110 Å². The van der Waals surface area contributed by atoms with E-state index in [9.17, 15) is 4.79 Å². The Labute approximate surface area is 164 Å². The number of likely N-dealkylation sites (N-methyl/N-ethyl adjacent to an activating group) is 1. The van der Waals surface area contributed by atoms with Crippen molar-refractivity contribution < 1.29 is 14.0 Å². The SMILES string of the molecule is CCCCCCCCCCCCCCCC[C@H](C(=O)OCC)[N+](C)(C)C. The second kappa shape index (κ2) is 16.6. The first kappa shape index (κ1) is 25.4. The summed E-state index contributed by atoms with van der Waals surface area (Å²) in [5, 5.41) is 0. The second-order valence-electron chi connectivity index (χ2n) is 8.77. The number of nitrogens with zero attached hydrogens (tertiary/aromatic N) is 1. The standard InChI is InChI=1S/C23H48NO2/c1-6-8-9-10-11-12-13-14-15-16-17-18-19-20-21-22(24(3,4)5)23(25)26-7-2/h22H,6-21H2,1-5H3/q+1/t22-/m1/s1. The molecule has 0 heterocycles. The normalized spacial score (nSPS) is 13.0. The highest BCUT2D eigenvalue weighted by molar-refractivity contribution is 5.74. The van der Waals surface area contributed by atoms with Crippen LogP contribution in [0, 0.1) is 0 Å². The first-order valence-corrected chi connectivity index (χ1v) is 11.4. The Kier molecular flexibility index (Phi) is 16.2. The van der Waals surface area contributed by atoms with E-state index in [4.69, 9.17) is 4.74 Å². The summed E-state index contributed by atoms with van der Waals surface area (Å²) in [6.45, 7) is 4.65. The monoisotopic (exact) mass is 370 g/mol. The lowest BCUT2D eigenvalue weighted by Gasteiger charge is -2.32. The Morgan fingerprint density at radius 2 is 1.08 bits per heavy atom. The predicted molar refractivity (Wildman–Crippen MR) is 113 cm³/mol. The van der Waals surface area contributed by atoms with E-state index in [0.29, 0.717) is 11.1 Å². The quantitative estimate of drug-likeness (QED) is 0.156. The molecule has 3 nitrogen and oxygen atoms in total. The maximum Gasteiger partial charge on any atom is 0.364 e. The molecule has 0 N–H and O–H groups in total. The van der Waals surface area contributed by atoms with Gasteiger partial charge in [0.25, 0.3) is 0 Å². The molecule has 0 aromatic heterocycles. The van der Waals surface area contributed by atoms with Gasteiger partial charge >= 0.3 is 5.97 Å². The summed E-state index contributed by atoms with van der Waals surface area (Å²) in [5.41, 5.74) is 0. The predicted octanol–water partition coefficient (Wildman–Crippen LogP) is 6.50. The topological polar surface area (TPSA) is 26.3 Å². The molecule has 0 aromatic rings. The van der Waals surface area contributed by atoms with Crippen molar-refractivity contribution in [1.29, 1.82) is 0 Å². The van der Waals surface area contributed by atoms with Crippen LogP contribution in [0.5, 0.6) is 0 Å². The molecule has 0 amide bonds. The minimum absolute atomic E-state index is 0.0210. The van der Waals surface area contributed by atoms with E-state index < -0.39 is 0 Å². The molecule has 0 rings (SSSR count). The fourth-order valence-electron chi connectivity index (χ4n) is 3.59. The van der Waals surface area contributed by atoms with E-state index in [1.54, 1.807) is 0 Å². The summed E-state index contributed by atoms with van der Waals surface area (Å²) in [6, 6.07) is -0.0210. The summed E-state index contributed by atoms with van der Waals surface area (Å²) in [5.74, 6) is -0.0327. The van der Waals surface area contributed by atoms with Gasteiger partial charge in [0.1, 0.15) is 0 Å². The zero-order valence-corrected chi connectivity index (χ0v) is 18.7. The highest BCUT2D eigenvalue weighted by Gasteiger charge is 2.32. The van der Waals surface area contributed by atoms with E-state index in [2.05, 4.69) is 28.1 Å². The van der Waals surface area contributed by atoms with Gasteiger partial charge in [-0.05, 0) is 13.3 Å². The molecular weight excluding hydrogens is 322 g/mol. The summed E-state index contributed by atoms with van der Waals surface area (Å²) in [7, 11) is 6.27. The molecule has 0 saturated heterocycles. The van der Waals surface area contributed by atoms with Gasteiger partial charge in [0.2, 0.25) is 0 Å². The second-order valence-corrected chi connectivity index (χ2v) is 8.77. The van der Waals surface area contributed by atoms with E-state index in [-0.39, 0.29) is 12.0 Å². The summed E-state index contributed by atoms with van der Waals surface area (Å²) in [4.78, 5) is 12.1. The first-order valence-electron chi connectivity index (χ1n) is 11.4. The number of rotatable bonds is 18. The summed E-state index contributed by atoms with van der Waals surface area (Å²) in [6.07, 6.45) is 20.1. The molecule has 0 aliphatic heterocycles. The van der Waals surface area contributed by atoms with E-state index >= 15 is 0 Å². The van der Waals surface area contributed by atoms with Crippen LogP contribution >= 0.6 is 0 Å². The molecule has 0 spiro atoms. The van der Waals surface area contributed by atoms with Gasteiger partial charge in [-0.25, -0.2) is 4.79 Å². The van der Waals surface area contributed by atoms with Gasteiger partial charge in [0.05, 0.1) is 27.7 Å². The van der Waals surface area contributed by atoms with Crippen LogP contribution in [0.15, 0.2) is 0 Å². The van der Waals surface area contributed by atoms with Gasteiger partial charge in [-0.1, -0.05) is 90.4 Å². The van der Waals surface area contributed by atoms with Gasteiger partial charge in [-0.2, -0.15) is 0 Å². The Bertz CT molecular complexity index is 323. The molecular formula is C23H48NO2+. The van der Waals surface area contributed by atoms with Gasteiger partial charge < -0.3 is 9.22 Å².